The Bertz CT molecular complexity index is 678. The van der Waals surface area contributed by atoms with Gasteiger partial charge in [0.25, 0.3) is 0 Å². The molecule has 2 aromatic carbocycles. The monoisotopic (exact) mass is 278 g/mol. The second-order valence-electron chi connectivity index (χ2n) is 6.42. The Morgan fingerprint density at radius 3 is 2.43 bits per heavy atom. The first kappa shape index (κ1) is 13.9. The van der Waals surface area contributed by atoms with Crippen LogP contribution in [-0.2, 0) is 12.1 Å². The summed E-state index contributed by atoms with van der Waals surface area (Å²) in [6.07, 6.45) is 2.23. The second kappa shape index (κ2) is 5.05. The Labute approximate surface area is 126 Å². The molecule has 0 amide bonds. The van der Waals surface area contributed by atoms with Crippen molar-refractivity contribution in [2.75, 3.05) is 7.05 Å². The number of rotatable bonds is 2. The number of nitrogens with two attached hydrogens (primary N) is 1. The minimum atomic E-state index is -0.304. The number of benzene rings is 2. The topological polar surface area (TPSA) is 29.3 Å². The zero-order valence-electron chi connectivity index (χ0n) is 12.9. The smallest absolute Gasteiger partial charge is 0.0427 e. The van der Waals surface area contributed by atoms with Crippen LogP contribution in [-0.4, -0.2) is 11.9 Å². The number of fused-ring (bicyclic) bond motifs is 1. The van der Waals surface area contributed by atoms with Crippen molar-refractivity contribution in [2.24, 2.45) is 5.73 Å². The van der Waals surface area contributed by atoms with Crippen molar-refractivity contribution in [3.8, 4) is 0 Å². The lowest BCUT2D eigenvalue weighted by molar-refractivity contribution is 0.444. The minimum Gasteiger partial charge on any atom is -0.376 e. The van der Waals surface area contributed by atoms with Crippen LogP contribution in [0.3, 0.4) is 0 Å². The first-order chi connectivity index (χ1) is 9.95. The summed E-state index contributed by atoms with van der Waals surface area (Å²) in [5, 5.41) is 0. The van der Waals surface area contributed by atoms with Gasteiger partial charge in [0.2, 0.25) is 0 Å². The maximum Gasteiger partial charge on any atom is 0.0427 e. The lowest BCUT2D eigenvalue weighted by atomic mass is 9.87. The fourth-order valence-corrected chi connectivity index (χ4v) is 2.84. The highest BCUT2D eigenvalue weighted by atomic mass is 15.1. The average molecular weight is 278 g/mol. The van der Waals surface area contributed by atoms with Gasteiger partial charge in [-0.2, -0.15) is 0 Å². The Kier molecular flexibility index (Phi) is 3.34. The Balaban J connectivity index is 2.11. The van der Waals surface area contributed by atoms with Gasteiger partial charge in [-0.15, -0.1) is 0 Å². The van der Waals surface area contributed by atoms with Crippen LogP contribution in [0.25, 0.3) is 5.57 Å². The van der Waals surface area contributed by atoms with Crippen LogP contribution in [0.4, 0.5) is 0 Å². The summed E-state index contributed by atoms with van der Waals surface area (Å²) >= 11 is 0. The molecule has 0 saturated heterocycles. The fraction of sp³-hybridized carbons (Fsp3) is 0.263. The molecule has 0 spiro atoms. The predicted octanol–water partition coefficient (Wildman–Crippen LogP) is 3.72. The summed E-state index contributed by atoms with van der Waals surface area (Å²) < 4.78 is 0. The van der Waals surface area contributed by atoms with Crippen molar-refractivity contribution in [2.45, 2.75) is 25.9 Å². The SMILES string of the molecule is CN1C=C(c2ccccc2)c2ccc(C(C)(C)N)cc2C1. The van der Waals surface area contributed by atoms with Gasteiger partial charge in [-0.25, -0.2) is 0 Å². The first-order valence-corrected chi connectivity index (χ1v) is 7.35. The third-order valence-electron chi connectivity index (χ3n) is 3.99. The molecular formula is C19H22N2. The second-order valence-corrected chi connectivity index (χ2v) is 6.42. The molecule has 0 aliphatic carbocycles. The molecule has 0 radical (unpaired) electrons. The van der Waals surface area contributed by atoms with Crippen molar-refractivity contribution < 1.29 is 0 Å². The van der Waals surface area contributed by atoms with Crippen LogP contribution in [0.15, 0.2) is 54.7 Å². The van der Waals surface area contributed by atoms with E-state index in [1.807, 2.05) is 0 Å². The first-order valence-electron chi connectivity index (χ1n) is 7.35. The number of hydrogen-bond acceptors (Lipinski definition) is 2. The highest BCUT2D eigenvalue weighted by Crippen LogP contribution is 2.33. The summed E-state index contributed by atoms with van der Waals surface area (Å²) in [6.45, 7) is 5.03. The fourth-order valence-electron chi connectivity index (χ4n) is 2.84. The molecular weight excluding hydrogens is 256 g/mol. The van der Waals surface area contributed by atoms with E-state index in [9.17, 15) is 0 Å². The van der Waals surface area contributed by atoms with Crippen LogP contribution in [0.5, 0.6) is 0 Å². The van der Waals surface area contributed by atoms with Gasteiger partial charge >= 0.3 is 0 Å². The molecule has 21 heavy (non-hydrogen) atoms. The predicted molar refractivity (Wildman–Crippen MR) is 88.6 cm³/mol. The van der Waals surface area contributed by atoms with E-state index in [-0.39, 0.29) is 5.54 Å². The molecule has 0 aromatic heterocycles. The van der Waals surface area contributed by atoms with Crippen LogP contribution in [0, 0.1) is 0 Å². The van der Waals surface area contributed by atoms with Crippen LogP contribution in [0.2, 0.25) is 0 Å². The molecule has 0 saturated carbocycles. The van der Waals surface area contributed by atoms with E-state index in [0.717, 1.165) is 6.54 Å². The zero-order valence-corrected chi connectivity index (χ0v) is 12.9. The Morgan fingerprint density at radius 2 is 1.76 bits per heavy atom. The molecule has 1 aliphatic rings. The third-order valence-corrected chi connectivity index (χ3v) is 3.99. The van der Waals surface area contributed by atoms with Crippen LogP contribution < -0.4 is 5.73 Å². The van der Waals surface area contributed by atoms with Gasteiger partial charge in [-0.3, -0.25) is 0 Å². The van der Waals surface area contributed by atoms with E-state index in [0.29, 0.717) is 0 Å². The molecule has 1 heterocycles. The zero-order chi connectivity index (χ0) is 15.0. The highest BCUT2D eigenvalue weighted by Gasteiger charge is 2.20. The molecule has 2 aromatic rings. The molecule has 0 atom stereocenters. The molecule has 2 N–H and O–H groups in total. The molecule has 0 bridgehead atoms. The maximum atomic E-state index is 6.24. The van der Waals surface area contributed by atoms with E-state index in [4.69, 9.17) is 5.73 Å². The summed E-state index contributed by atoms with van der Waals surface area (Å²) in [4.78, 5) is 2.23. The van der Waals surface area contributed by atoms with Crippen molar-refractivity contribution in [3.63, 3.8) is 0 Å². The van der Waals surface area contributed by atoms with Crippen molar-refractivity contribution in [3.05, 3.63) is 77.0 Å². The Hall–Kier alpha value is -2.06. The molecule has 2 nitrogen and oxygen atoms in total. The number of nitrogens with zero attached hydrogens (tertiary/aromatic N) is 1. The van der Waals surface area contributed by atoms with Gasteiger partial charge < -0.3 is 10.6 Å². The molecule has 0 unspecified atom stereocenters. The van der Waals surface area contributed by atoms with E-state index in [1.165, 1.54) is 27.8 Å². The molecule has 2 heteroatoms. The summed E-state index contributed by atoms with van der Waals surface area (Å²) in [5.74, 6) is 0. The summed E-state index contributed by atoms with van der Waals surface area (Å²) in [6, 6.07) is 17.2. The standard InChI is InChI=1S/C19H22N2/c1-19(2,20)16-9-10-17-15(11-16)12-21(3)13-18(17)14-7-5-4-6-8-14/h4-11,13H,12,20H2,1-3H3. The van der Waals surface area contributed by atoms with Gasteiger partial charge in [0.05, 0.1) is 0 Å². The third kappa shape index (κ3) is 2.72. The van der Waals surface area contributed by atoms with Crippen molar-refractivity contribution in [1.82, 2.24) is 4.90 Å². The molecule has 1 aliphatic heterocycles. The van der Waals surface area contributed by atoms with E-state index in [2.05, 4.69) is 80.5 Å². The van der Waals surface area contributed by atoms with E-state index in [1.54, 1.807) is 0 Å². The van der Waals surface area contributed by atoms with Gasteiger partial charge in [0.15, 0.2) is 0 Å². The molecule has 0 fully saturated rings. The van der Waals surface area contributed by atoms with Gasteiger partial charge in [0, 0.05) is 30.9 Å². The van der Waals surface area contributed by atoms with Crippen molar-refractivity contribution >= 4 is 5.57 Å². The summed E-state index contributed by atoms with van der Waals surface area (Å²) in [7, 11) is 2.12. The molecule has 3 rings (SSSR count). The van der Waals surface area contributed by atoms with Crippen molar-refractivity contribution in [1.29, 1.82) is 0 Å². The quantitative estimate of drug-likeness (QED) is 0.907. The lowest BCUT2D eigenvalue weighted by Gasteiger charge is -2.28. The minimum absolute atomic E-state index is 0.304. The van der Waals surface area contributed by atoms with Crippen LogP contribution in [0.1, 0.15) is 36.1 Å². The summed E-state index contributed by atoms with van der Waals surface area (Å²) in [5.41, 5.74) is 12.3. The normalized spacial score (nSPS) is 14.7. The largest absolute Gasteiger partial charge is 0.376 e. The Morgan fingerprint density at radius 1 is 1.05 bits per heavy atom. The van der Waals surface area contributed by atoms with Gasteiger partial charge in [0.1, 0.15) is 0 Å². The highest BCUT2D eigenvalue weighted by molar-refractivity contribution is 5.82. The van der Waals surface area contributed by atoms with Crippen LogP contribution >= 0.6 is 0 Å². The molecule has 108 valence electrons. The van der Waals surface area contributed by atoms with Gasteiger partial charge in [-0.1, -0.05) is 48.5 Å². The van der Waals surface area contributed by atoms with E-state index >= 15 is 0 Å². The number of hydrogen-bond donors (Lipinski definition) is 1. The van der Waals surface area contributed by atoms with Gasteiger partial charge in [-0.05, 0) is 36.1 Å². The lowest BCUT2D eigenvalue weighted by Crippen LogP contribution is -2.29. The maximum absolute atomic E-state index is 6.24. The average Bonchev–Trinajstić information content (AvgIpc) is 2.45. The van der Waals surface area contributed by atoms with E-state index < -0.39 is 0 Å².